The zero-order valence-electron chi connectivity index (χ0n) is 19.9. The quantitative estimate of drug-likeness (QED) is 0.578. The summed E-state index contributed by atoms with van der Waals surface area (Å²) >= 11 is 0. The van der Waals surface area contributed by atoms with Crippen LogP contribution in [0.25, 0.3) is 0 Å². The second-order valence-electron chi connectivity index (χ2n) is 9.00. The van der Waals surface area contributed by atoms with Gasteiger partial charge in [0.25, 0.3) is 11.7 Å². The van der Waals surface area contributed by atoms with Crippen LogP contribution in [-0.4, -0.2) is 71.4 Å². The Morgan fingerprint density at radius 2 is 2.00 bits per heavy atom. The largest absolute Gasteiger partial charge is 0.380 e. The third-order valence-electron chi connectivity index (χ3n) is 6.73. The lowest BCUT2D eigenvalue weighted by Crippen LogP contribution is -2.47. The number of hydrogen-bond acceptors (Lipinski definition) is 7. The molecule has 5 rings (SSSR count). The molecule has 2 amide bonds. The topological polar surface area (TPSA) is 105 Å². The van der Waals surface area contributed by atoms with Gasteiger partial charge in [-0.15, -0.1) is 10.2 Å². The highest BCUT2D eigenvalue weighted by Crippen LogP contribution is 2.32. The van der Waals surface area contributed by atoms with Gasteiger partial charge in [-0.25, -0.2) is 0 Å². The van der Waals surface area contributed by atoms with Gasteiger partial charge in [0.15, 0.2) is 0 Å². The smallest absolute Gasteiger partial charge is 0.293 e. The summed E-state index contributed by atoms with van der Waals surface area (Å²) in [5, 5.41) is 14.9. The number of fused-ring (bicyclic) bond motifs is 1. The van der Waals surface area contributed by atoms with E-state index in [2.05, 4.69) is 43.8 Å². The van der Waals surface area contributed by atoms with Crippen LogP contribution in [-0.2, 0) is 22.5 Å². The molecule has 0 saturated carbocycles. The van der Waals surface area contributed by atoms with Gasteiger partial charge in [0, 0.05) is 38.6 Å². The lowest BCUT2D eigenvalue weighted by Gasteiger charge is -2.24. The van der Waals surface area contributed by atoms with E-state index in [-0.39, 0.29) is 17.8 Å². The fraction of sp³-hybridized carbons (Fsp3) is 0.400. The van der Waals surface area contributed by atoms with Crippen molar-refractivity contribution >= 4 is 23.2 Å². The number of carbonyl (C=O) groups excluding carboxylic acids is 2. The Bertz CT molecular complexity index is 1210. The van der Waals surface area contributed by atoms with Gasteiger partial charge >= 0.3 is 0 Å². The number of aryl methyl sites for hydroxylation is 1. The molecule has 35 heavy (non-hydrogen) atoms. The van der Waals surface area contributed by atoms with Gasteiger partial charge in [0.05, 0.1) is 12.6 Å². The van der Waals surface area contributed by atoms with E-state index < -0.39 is 11.9 Å². The number of ether oxygens (including phenoxy) is 1. The molecule has 0 bridgehead atoms. The Morgan fingerprint density at radius 3 is 2.77 bits per heavy atom. The van der Waals surface area contributed by atoms with E-state index in [1.807, 2.05) is 30.3 Å². The van der Waals surface area contributed by atoms with E-state index >= 15 is 0 Å². The van der Waals surface area contributed by atoms with Crippen LogP contribution in [0, 0.1) is 0 Å². The van der Waals surface area contributed by atoms with Crippen LogP contribution in [0.5, 0.6) is 0 Å². The Hall–Kier alpha value is -3.79. The molecule has 2 atom stereocenters. The zero-order chi connectivity index (χ0) is 24.4. The molecular weight excluding hydrogens is 446 g/mol. The van der Waals surface area contributed by atoms with Crippen LogP contribution in [0.2, 0.25) is 0 Å². The maximum Gasteiger partial charge on any atom is 0.293 e. The highest BCUT2D eigenvalue weighted by molar-refractivity contribution is 6.02. The van der Waals surface area contributed by atoms with Gasteiger partial charge in [0.1, 0.15) is 6.04 Å². The number of hydrogen-bond donors (Lipinski definition) is 1. The van der Waals surface area contributed by atoms with E-state index in [4.69, 9.17) is 4.74 Å². The summed E-state index contributed by atoms with van der Waals surface area (Å²) in [7, 11) is 3.50. The predicted molar refractivity (Wildman–Crippen MR) is 130 cm³/mol. The number of likely N-dealkylation sites (N-methyl/N-ethyl adjacent to an activating group) is 1. The summed E-state index contributed by atoms with van der Waals surface area (Å²) in [6.07, 6.45) is 2.38. The number of methoxy groups -OCH3 is 1. The molecule has 1 N–H and O–H groups in total. The molecule has 1 aromatic heterocycles. The average molecular weight is 476 g/mol. The van der Waals surface area contributed by atoms with Gasteiger partial charge in [-0.3, -0.25) is 9.59 Å². The molecule has 0 unspecified atom stereocenters. The lowest BCUT2D eigenvalue weighted by molar-refractivity contribution is -0.120. The Kier molecular flexibility index (Phi) is 6.45. The molecular formula is C25H29N7O3. The number of amides is 2. The number of benzene rings is 2. The van der Waals surface area contributed by atoms with Gasteiger partial charge in [-0.05, 0) is 47.7 Å². The summed E-state index contributed by atoms with van der Waals surface area (Å²) in [6, 6.07) is 15.3. The molecule has 2 aromatic carbocycles. The Morgan fingerprint density at radius 1 is 1.17 bits per heavy atom. The summed E-state index contributed by atoms with van der Waals surface area (Å²) in [6.45, 7) is 2.17. The van der Waals surface area contributed by atoms with Crippen LogP contribution in [0.15, 0.2) is 48.5 Å². The molecule has 3 heterocycles. The van der Waals surface area contributed by atoms with Crippen LogP contribution < -0.4 is 15.1 Å². The molecule has 10 heteroatoms. The van der Waals surface area contributed by atoms with E-state index in [1.165, 1.54) is 4.80 Å². The standard InChI is InChI=1S/C25H29N7O3/c1-30-22-14-19(31-13-12-20(16-31)35-2)10-8-18(22)9-11-21(25(30)34)26-24(33)23-27-29-32(28-23)15-17-6-4-3-5-7-17/h3-8,10,14,20-21H,9,11-13,15-16H2,1-2H3,(H,26,33)/t20-,21+/m1/s1. The minimum Gasteiger partial charge on any atom is -0.380 e. The first-order valence-corrected chi connectivity index (χ1v) is 11.8. The van der Waals surface area contributed by atoms with Gasteiger partial charge < -0.3 is 19.9 Å². The number of tetrazole rings is 1. The molecule has 0 radical (unpaired) electrons. The summed E-state index contributed by atoms with van der Waals surface area (Å²) < 4.78 is 5.49. The van der Waals surface area contributed by atoms with Crippen LogP contribution >= 0.6 is 0 Å². The number of rotatable bonds is 6. The maximum atomic E-state index is 13.3. The molecule has 182 valence electrons. The summed E-state index contributed by atoms with van der Waals surface area (Å²) in [5.74, 6) is -0.727. The van der Waals surface area contributed by atoms with Gasteiger partial charge in [-0.1, -0.05) is 36.4 Å². The molecule has 1 fully saturated rings. The minimum absolute atomic E-state index is 0.0536. The second-order valence-corrected chi connectivity index (χ2v) is 9.00. The summed E-state index contributed by atoms with van der Waals surface area (Å²) in [5.41, 5.74) is 4.03. The van der Waals surface area contributed by atoms with Crippen molar-refractivity contribution in [1.29, 1.82) is 0 Å². The van der Waals surface area contributed by atoms with E-state index in [0.717, 1.165) is 42.0 Å². The number of carbonyl (C=O) groups is 2. The van der Waals surface area contributed by atoms with Crippen molar-refractivity contribution in [3.8, 4) is 0 Å². The first-order valence-electron chi connectivity index (χ1n) is 11.8. The normalized spacial score (nSPS) is 20.0. The molecule has 0 aliphatic carbocycles. The van der Waals surface area contributed by atoms with E-state index in [0.29, 0.717) is 19.4 Å². The SMILES string of the molecule is CO[C@@H]1CCN(c2ccc3c(c2)N(C)C(=O)[C@@H](NC(=O)c2nnn(Cc4ccccc4)n2)CC3)C1. The van der Waals surface area contributed by atoms with Crippen molar-refractivity contribution in [2.24, 2.45) is 0 Å². The minimum atomic E-state index is -0.672. The zero-order valence-corrected chi connectivity index (χ0v) is 19.9. The molecule has 3 aromatic rings. The Balaban J connectivity index is 1.26. The summed E-state index contributed by atoms with van der Waals surface area (Å²) in [4.78, 5) is 31.4. The van der Waals surface area contributed by atoms with E-state index in [9.17, 15) is 9.59 Å². The molecule has 0 spiro atoms. The average Bonchev–Trinajstić information content (AvgIpc) is 3.54. The highest BCUT2D eigenvalue weighted by atomic mass is 16.5. The third kappa shape index (κ3) is 4.88. The van der Waals surface area contributed by atoms with Crippen LogP contribution in [0.4, 0.5) is 11.4 Å². The van der Waals surface area contributed by atoms with E-state index in [1.54, 1.807) is 19.1 Å². The predicted octanol–water partition coefficient (Wildman–Crippen LogP) is 1.65. The highest BCUT2D eigenvalue weighted by Gasteiger charge is 2.31. The number of nitrogens with zero attached hydrogens (tertiary/aromatic N) is 6. The van der Waals surface area contributed by atoms with Crippen LogP contribution in [0.1, 0.15) is 34.6 Å². The van der Waals surface area contributed by atoms with Gasteiger partial charge in [-0.2, -0.15) is 4.80 Å². The number of anilines is 2. The molecule has 1 saturated heterocycles. The van der Waals surface area contributed by atoms with Crippen molar-refractivity contribution in [3.05, 3.63) is 65.5 Å². The molecule has 2 aliphatic heterocycles. The first kappa shape index (κ1) is 23.0. The van der Waals surface area contributed by atoms with Crippen molar-refractivity contribution in [1.82, 2.24) is 25.5 Å². The van der Waals surface area contributed by atoms with Crippen molar-refractivity contribution in [3.63, 3.8) is 0 Å². The van der Waals surface area contributed by atoms with Crippen molar-refractivity contribution in [2.75, 3.05) is 37.0 Å². The lowest BCUT2D eigenvalue weighted by atomic mass is 10.0. The van der Waals surface area contributed by atoms with Crippen molar-refractivity contribution in [2.45, 2.75) is 38.0 Å². The van der Waals surface area contributed by atoms with Crippen LogP contribution in [0.3, 0.4) is 0 Å². The third-order valence-corrected chi connectivity index (χ3v) is 6.73. The number of nitrogens with one attached hydrogen (secondary N) is 1. The maximum absolute atomic E-state index is 13.3. The van der Waals surface area contributed by atoms with Crippen molar-refractivity contribution < 1.29 is 14.3 Å². The fourth-order valence-electron chi connectivity index (χ4n) is 4.71. The fourth-order valence-corrected chi connectivity index (χ4v) is 4.71. The monoisotopic (exact) mass is 475 g/mol. The molecule has 2 aliphatic rings. The molecule has 10 nitrogen and oxygen atoms in total. The van der Waals surface area contributed by atoms with Gasteiger partial charge in [0.2, 0.25) is 5.91 Å². The second kappa shape index (κ2) is 9.83. The number of aromatic nitrogens is 4. The Labute approximate surface area is 203 Å². The first-order chi connectivity index (χ1) is 17.0.